The highest BCUT2D eigenvalue weighted by Crippen LogP contribution is 2.34. The Bertz CT molecular complexity index is 976. The predicted octanol–water partition coefficient (Wildman–Crippen LogP) is 1.52. The van der Waals surface area contributed by atoms with Crippen LogP contribution >= 0.6 is 0 Å². The van der Waals surface area contributed by atoms with Crippen LogP contribution < -0.4 is 0 Å². The van der Waals surface area contributed by atoms with Crippen molar-refractivity contribution in [2.45, 2.75) is 0 Å². The average molecular weight is 346 g/mol. The molecule has 4 rings (SSSR count). The van der Waals surface area contributed by atoms with Crippen molar-refractivity contribution in [2.75, 3.05) is 0 Å². The maximum Gasteiger partial charge on any atom is 0.230 e. The van der Waals surface area contributed by atoms with E-state index in [9.17, 15) is 28.8 Å². The summed E-state index contributed by atoms with van der Waals surface area (Å²) in [6, 6.07) is 11.5. The maximum atomic E-state index is 12.8. The van der Waals surface area contributed by atoms with E-state index in [2.05, 4.69) is 0 Å². The monoisotopic (exact) mass is 346 g/mol. The molecule has 0 radical (unpaired) electrons. The van der Waals surface area contributed by atoms with Crippen LogP contribution in [-0.2, 0) is 9.59 Å². The summed E-state index contributed by atoms with van der Waals surface area (Å²) in [7, 11) is 0. The van der Waals surface area contributed by atoms with Crippen LogP contribution in [0.5, 0.6) is 0 Å². The number of Topliss-reactive ketones (excluding diaryl/α,β-unsaturated/α-hetero) is 6. The van der Waals surface area contributed by atoms with Gasteiger partial charge in [0.1, 0.15) is 11.8 Å². The second kappa shape index (κ2) is 5.49. The summed E-state index contributed by atoms with van der Waals surface area (Å²) in [5.74, 6) is -9.30. The minimum Gasteiger partial charge on any atom is -0.293 e. The van der Waals surface area contributed by atoms with Gasteiger partial charge in [-0.1, -0.05) is 48.5 Å². The highest BCUT2D eigenvalue weighted by Gasteiger charge is 2.53. The molecule has 2 aliphatic carbocycles. The predicted molar refractivity (Wildman–Crippen MR) is 87.2 cm³/mol. The lowest BCUT2D eigenvalue weighted by molar-refractivity contribution is -0.125. The third kappa shape index (κ3) is 1.99. The number of ketones is 6. The van der Waals surface area contributed by atoms with Crippen molar-refractivity contribution < 1.29 is 28.8 Å². The molecule has 0 spiro atoms. The lowest BCUT2D eigenvalue weighted by Gasteiger charge is -2.29. The molecule has 0 unspecified atom stereocenters. The van der Waals surface area contributed by atoms with Crippen LogP contribution in [0.2, 0.25) is 0 Å². The van der Waals surface area contributed by atoms with Gasteiger partial charge in [-0.05, 0) is 0 Å². The molecule has 2 aromatic carbocycles. The Hall–Kier alpha value is -3.54. The largest absolute Gasteiger partial charge is 0.293 e. The van der Waals surface area contributed by atoms with Crippen molar-refractivity contribution in [1.82, 2.24) is 0 Å². The molecular formula is C20H10O6. The number of hydrogen-bond donors (Lipinski definition) is 0. The van der Waals surface area contributed by atoms with Crippen LogP contribution in [0.1, 0.15) is 41.4 Å². The lowest BCUT2D eigenvalue weighted by atomic mass is 9.67. The van der Waals surface area contributed by atoms with Gasteiger partial charge in [-0.2, -0.15) is 0 Å². The first-order valence-corrected chi connectivity index (χ1v) is 7.87. The van der Waals surface area contributed by atoms with Crippen LogP contribution in [-0.4, -0.2) is 34.7 Å². The van der Waals surface area contributed by atoms with E-state index in [-0.39, 0.29) is 22.3 Å². The lowest BCUT2D eigenvalue weighted by Crippen LogP contribution is -2.50. The molecule has 0 amide bonds. The van der Waals surface area contributed by atoms with E-state index in [1.165, 1.54) is 48.5 Å². The fourth-order valence-electron chi connectivity index (χ4n) is 3.52. The fourth-order valence-corrected chi connectivity index (χ4v) is 3.52. The van der Waals surface area contributed by atoms with Crippen LogP contribution in [0.3, 0.4) is 0 Å². The third-order valence-corrected chi connectivity index (χ3v) is 4.79. The molecule has 0 saturated heterocycles. The Morgan fingerprint density at radius 1 is 0.423 bits per heavy atom. The quantitative estimate of drug-likeness (QED) is 0.573. The molecule has 6 heteroatoms. The van der Waals surface area contributed by atoms with Crippen molar-refractivity contribution in [3.63, 3.8) is 0 Å². The van der Waals surface area contributed by atoms with Crippen LogP contribution in [0.4, 0.5) is 0 Å². The normalized spacial score (nSPS) is 22.3. The zero-order valence-corrected chi connectivity index (χ0v) is 13.2. The van der Waals surface area contributed by atoms with E-state index in [4.69, 9.17) is 0 Å². The van der Waals surface area contributed by atoms with Gasteiger partial charge in [0.15, 0.2) is 11.6 Å². The molecule has 2 aromatic rings. The molecule has 0 heterocycles. The van der Waals surface area contributed by atoms with E-state index < -0.39 is 46.5 Å². The van der Waals surface area contributed by atoms with Gasteiger partial charge >= 0.3 is 0 Å². The van der Waals surface area contributed by atoms with E-state index in [0.29, 0.717) is 0 Å². The summed E-state index contributed by atoms with van der Waals surface area (Å²) in [4.78, 5) is 75.3. The van der Waals surface area contributed by atoms with Crippen LogP contribution in [0.15, 0.2) is 48.5 Å². The highest BCUT2D eigenvalue weighted by atomic mass is 16.2. The molecule has 2 aliphatic rings. The Morgan fingerprint density at radius 3 is 1.08 bits per heavy atom. The topological polar surface area (TPSA) is 102 Å². The van der Waals surface area contributed by atoms with E-state index in [1.807, 2.05) is 0 Å². The Balaban J connectivity index is 1.88. The summed E-state index contributed by atoms with van der Waals surface area (Å²) in [6.07, 6.45) is 0. The molecule has 0 N–H and O–H groups in total. The summed E-state index contributed by atoms with van der Waals surface area (Å²) < 4.78 is 0. The number of carbonyl (C=O) groups is 6. The molecule has 126 valence electrons. The Labute approximate surface area is 146 Å². The molecule has 26 heavy (non-hydrogen) atoms. The number of rotatable bonds is 1. The van der Waals surface area contributed by atoms with Gasteiger partial charge < -0.3 is 0 Å². The Morgan fingerprint density at radius 2 is 0.731 bits per heavy atom. The molecule has 0 saturated carbocycles. The zero-order valence-electron chi connectivity index (χ0n) is 13.2. The van der Waals surface area contributed by atoms with Gasteiger partial charge in [0, 0.05) is 22.3 Å². The molecule has 2 atom stereocenters. The summed E-state index contributed by atoms with van der Waals surface area (Å²) in [5, 5.41) is 0. The first kappa shape index (κ1) is 16.0. The molecule has 0 aliphatic heterocycles. The number of fused-ring (bicyclic) bond motifs is 2. The molecule has 0 bridgehead atoms. The minimum atomic E-state index is -1.80. The van der Waals surface area contributed by atoms with Gasteiger partial charge in [0.05, 0.1) is 0 Å². The third-order valence-electron chi connectivity index (χ3n) is 4.79. The zero-order chi connectivity index (χ0) is 18.6. The van der Waals surface area contributed by atoms with Crippen molar-refractivity contribution in [2.24, 2.45) is 11.8 Å². The SMILES string of the molecule is O=C1C(=O)[C@@H]([C@@H]2C(=O)C(=O)c3ccccc3C2=O)C(=O)c2ccccc21. The van der Waals surface area contributed by atoms with E-state index >= 15 is 0 Å². The summed E-state index contributed by atoms with van der Waals surface area (Å²) >= 11 is 0. The molecular weight excluding hydrogens is 336 g/mol. The molecule has 0 fully saturated rings. The van der Waals surface area contributed by atoms with Crippen molar-refractivity contribution >= 4 is 34.7 Å². The van der Waals surface area contributed by atoms with Crippen molar-refractivity contribution in [1.29, 1.82) is 0 Å². The average Bonchev–Trinajstić information content (AvgIpc) is 2.67. The molecule has 0 aromatic heterocycles. The van der Waals surface area contributed by atoms with Gasteiger partial charge in [-0.25, -0.2) is 0 Å². The van der Waals surface area contributed by atoms with Crippen molar-refractivity contribution in [3.05, 3.63) is 70.8 Å². The second-order valence-electron chi connectivity index (χ2n) is 6.16. The fraction of sp³-hybridized carbons (Fsp3) is 0.100. The standard InChI is InChI=1S/C20H10O6/c21-15-9-5-1-3-7-11(9)17(23)19(25)13(15)14-16(22)10-6-2-4-8-12(10)18(24)20(14)26/h1-8,13-14H/t13-,14-/m0/s1. The number of carbonyl (C=O) groups excluding carboxylic acids is 6. The first-order chi connectivity index (χ1) is 12.4. The Kier molecular flexibility index (Phi) is 3.37. The highest BCUT2D eigenvalue weighted by molar-refractivity contribution is 6.57. The van der Waals surface area contributed by atoms with Gasteiger partial charge in [-0.3, -0.25) is 28.8 Å². The first-order valence-electron chi connectivity index (χ1n) is 7.87. The van der Waals surface area contributed by atoms with E-state index in [0.717, 1.165) is 0 Å². The van der Waals surface area contributed by atoms with E-state index in [1.54, 1.807) is 0 Å². The minimum absolute atomic E-state index is 0.0194. The number of hydrogen-bond acceptors (Lipinski definition) is 6. The van der Waals surface area contributed by atoms with Gasteiger partial charge in [-0.15, -0.1) is 0 Å². The van der Waals surface area contributed by atoms with Crippen LogP contribution in [0, 0.1) is 11.8 Å². The van der Waals surface area contributed by atoms with Crippen molar-refractivity contribution in [3.8, 4) is 0 Å². The maximum absolute atomic E-state index is 12.8. The number of benzene rings is 2. The van der Waals surface area contributed by atoms with Gasteiger partial charge in [0.25, 0.3) is 0 Å². The summed E-state index contributed by atoms with van der Waals surface area (Å²) in [6.45, 7) is 0. The second-order valence-corrected chi connectivity index (χ2v) is 6.16. The van der Waals surface area contributed by atoms with Gasteiger partial charge in [0.2, 0.25) is 23.1 Å². The smallest absolute Gasteiger partial charge is 0.230 e. The van der Waals surface area contributed by atoms with Crippen LogP contribution in [0.25, 0.3) is 0 Å². The molecule has 6 nitrogen and oxygen atoms in total. The summed E-state index contributed by atoms with van der Waals surface area (Å²) in [5.41, 5.74) is -0.148.